The molecule has 4 nitrogen and oxygen atoms in total. The van der Waals surface area contributed by atoms with Crippen molar-refractivity contribution in [2.45, 2.75) is 18.5 Å². The molecule has 1 heterocycles. The van der Waals surface area contributed by atoms with Crippen LogP contribution in [-0.4, -0.2) is 21.6 Å². The minimum absolute atomic E-state index is 0.106. The van der Waals surface area contributed by atoms with Crippen molar-refractivity contribution in [3.05, 3.63) is 47.0 Å². The van der Waals surface area contributed by atoms with Crippen LogP contribution in [0.5, 0.6) is 0 Å². The maximum atomic E-state index is 12.8. The summed E-state index contributed by atoms with van der Waals surface area (Å²) in [6.45, 7) is 2.05. The Morgan fingerprint density at radius 2 is 2.10 bits per heavy atom. The molecular weight excluding hydrogens is 313 g/mol. The summed E-state index contributed by atoms with van der Waals surface area (Å²) in [6, 6.07) is 5.46. The molecule has 110 valence electrons. The van der Waals surface area contributed by atoms with E-state index >= 15 is 0 Å². The van der Waals surface area contributed by atoms with E-state index in [9.17, 15) is 9.18 Å². The summed E-state index contributed by atoms with van der Waals surface area (Å²) in [5.74, 6) is 0.0411. The first-order valence-corrected chi connectivity index (χ1v) is 7.68. The molecule has 0 fully saturated rings. The number of hydrogen-bond donors (Lipinski definition) is 1. The number of rotatable bonds is 5. The number of carbonyl (C=O) groups excluding carboxylic acids is 1. The van der Waals surface area contributed by atoms with Crippen LogP contribution < -0.4 is 5.32 Å². The van der Waals surface area contributed by atoms with Crippen LogP contribution in [-0.2, 0) is 0 Å². The number of halogens is 2. The van der Waals surface area contributed by atoms with E-state index in [1.165, 1.54) is 42.2 Å². The second-order valence-electron chi connectivity index (χ2n) is 4.16. The lowest BCUT2D eigenvalue weighted by molar-refractivity contribution is 0.102. The molecule has 0 aliphatic carbocycles. The van der Waals surface area contributed by atoms with Crippen LogP contribution in [0.25, 0.3) is 0 Å². The molecule has 1 aromatic carbocycles. The summed E-state index contributed by atoms with van der Waals surface area (Å²) in [5, 5.41) is 3.30. The number of aromatic nitrogens is 2. The number of benzene rings is 1. The average molecular weight is 326 g/mol. The molecule has 1 N–H and O–H groups in total. The van der Waals surface area contributed by atoms with Gasteiger partial charge in [0.15, 0.2) is 10.9 Å². The topological polar surface area (TPSA) is 54.9 Å². The Labute approximate surface area is 131 Å². The summed E-state index contributed by atoms with van der Waals surface area (Å²) in [5.41, 5.74) is 0.577. The third-order valence-electron chi connectivity index (χ3n) is 2.47. The molecule has 0 saturated carbocycles. The number of nitrogens with zero attached hydrogens (tertiary/aromatic N) is 2. The van der Waals surface area contributed by atoms with Crippen LogP contribution in [0.2, 0.25) is 5.02 Å². The highest BCUT2D eigenvalue weighted by atomic mass is 35.5. The number of anilines is 1. The maximum Gasteiger partial charge on any atom is 0.275 e. The van der Waals surface area contributed by atoms with Gasteiger partial charge in [0.1, 0.15) is 5.82 Å². The minimum Gasteiger partial charge on any atom is -0.321 e. The normalized spacial score (nSPS) is 10.4. The molecule has 7 heteroatoms. The average Bonchev–Trinajstić information content (AvgIpc) is 2.48. The molecule has 1 amide bonds. The number of thioether (sulfide) groups is 1. The lowest BCUT2D eigenvalue weighted by Crippen LogP contribution is -2.15. The van der Waals surface area contributed by atoms with Crippen molar-refractivity contribution in [2.24, 2.45) is 0 Å². The van der Waals surface area contributed by atoms with E-state index in [0.717, 1.165) is 12.2 Å². The molecule has 0 bridgehead atoms. The Kier molecular flexibility index (Phi) is 5.52. The van der Waals surface area contributed by atoms with Crippen molar-refractivity contribution in [3.8, 4) is 0 Å². The van der Waals surface area contributed by atoms with E-state index in [-0.39, 0.29) is 16.5 Å². The van der Waals surface area contributed by atoms with E-state index in [1.807, 2.05) is 6.92 Å². The van der Waals surface area contributed by atoms with Gasteiger partial charge in [-0.3, -0.25) is 4.79 Å². The number of hydrogen-bond acceptors (Lipinski definition) is 4. The lowest BCUT2D eigenvalue weighted by Gasteiger charge is -2.07. The molecule has 0 saturated heterocycles. The van der Waals surface area contributed by atoms with Gasteiger partial charge >= 0.3 is 0 Å². The Hall–Kier alpha value is -1.66. The molecule has 2 rings (SSSR count). The van der Waals surface area contributed by atoms with Gasteiger partial charge in [0.25, 0.3) is 5.91 Å². The largest absolute Gasteiger partial charge is 0.321 e. The standard InChI is InChI=1S/C14H13ClFN3OS/c1-2-7-21-14-17-8-11(15)12(19-14)13(20)18-10-5-3-9(16)4-6-10/h3-6,8H,2,7H2,1H3,(H,18,20). The van der Waals surface area contributed by atoms with Crippen molar-refractivity contribution in [1.82, 2.24) is 9.97 Å². The fourth-order valence-electron chi connectivity index (χ4n) is 1.50. The van der Waals surface area contributed by atoms with Gasteiger partial charge in [-0.05, 0) is 30.7 Å². The third kappa shape index (κ3) is 4.41. The summed E-state index contributed by atoms with van der Waals surface area (Å²) in [4.78, 5) is 20.4. The van der Waals surface area contributed by atoms with Crippen LogP contribution in [0.4, 0.5) is 10.1 Å². The first-order chi connectivity index (χ1) is 10.1. The van der Waals surface area contributed by atoms with Crippen molar-refractivity contribution < 1.29 is 9.18 Å². The summed E-state index contributed by atoms with van der Waals surface area (Å²) < 4.78 is 12.8. The van der Waals surface area contributed by atoms with Gasteiger partial charge < -0.3 is 5.32 Å². The molecule has 1 aromatic heterocycles. The minimum atomic E-state index is -0.452. The zero-order valence-electron chi connectivity index (χ0n) is 11.3. The Morgan fingerprint density at radius 3 is 2.76 bits per heavy atom. The molecule has 0 spiro atoms. The fraction of sp³-hybridized carbons (Fsp3) is 0.214. The number of carbonyl (C=O) groups is 1. The summed E-state index contributed by atoms with van der Waals surface area (Å²) in [6.07, 6.45) is 2.39. The Balaban J connectivity index is 2.15. The summed E-state index contributed by atoms with van der Waals surface area (Å²) in [7, 11) is 0. The van der Waals surface area contributed by atoms with Gasteiger partial charge in [-0.1, -0.05) is 30.3 Å². The van der Waals surface area contributed by atoms with Gasteiger partial charge in [-0.15, -0.1) is 0 Å². The number of nitrogens with one attached hydrogen (secondary N) is 1. The zero-order valence-corrected chi connectivity index (χ0v) is 12.8. The van der Waals surface area contributed by atoms with E-state index < -0.39 is 5.91 Å². The van der Waals surface area contributed by atoms with E-state index in [4.69, 9.17) is 11.6 Å². The maximum absolute atomic E-state index is 12.8. The summed E-state index contributed by atoms with van der Waals surface area (Å²) >= 11 is 7.42. The van der Waals surface area contributed by atoms with Gasteiger partial charge in [0, 0.05) is 11.4 Å². The molecule has 0 radical (unpaired) electrons. The lowest BCUT2D eigenvalue weighted by atomic mass is 10.3. The molecule has 0 aliphatic heterocycles. The molecule has 0 aliphatic rings. The van der Waals surface area contributed by atoms with Gasteiger partial charge in [-0.25, -0.2) is 14.4 Å². The molecule has 0 unspecified atom stereocenters. The van der Waals surface area contributed by atoms with Crippen molar-refractivity contribution >= 4 is 35.0 Å². The first-order valence-electron chi connectivity index (χ1n) is 6.32. The van der Waals surface area contributed by atoms with Crippen LogP contribution in [0, 0.1) is 5.82 Å². The van der Waals surface area contributed by atoms with Gasteiger partial charge in [0.05, 0.1) is 11.2 Å². The van der Waals surface area contributed by atoms with Crippen LogP contribution >= 0.6 is 23.4 Å². The van der Waals surface area contributed by atoms with Crippen molar-refractivity contribution in [3.63, 3.8) is 0 Å². The quantitative estimate of drug-likeness (QED) is 0.666. The van der Waals surface area contributed by atoms with Crippen molar-refractivity contribution in [2.75, 3.05) is 11.1 Å². The predicted octanol–water partition coefficient (Wildman–Crippen LogP) is 4.02. The molecule has 21 heavy (non-hydrogen) atoms. The number of amides is 1. The van der Waals surface area contributed by atoms with E-state index in [1.54, 1.807) is 0 Å². The van der Waals surface area contributed by atoms with Gasteiger partial charge in [0.2, 0.25) is 0 Å². The zero-order chi connectivity index (χ0) is 15.2. The highest BCUT2D eigenvalue weighted by Crippen LogP contribution is 2.20. The highest BCUT2D eigenvalue weighted by Gasteiger charge is 2.14. The van der Waals surface area contributed by atoms with Crippen LogP contribution in [0.1, 0.15) is 23.8 Å². The fourth-order valence-corrected chi connectivity index (χ4v) is 2.34. The van der Waals surface area contributed by atoms with Crippen molar-refractivity contribution in [1.29, 1.82) is 0 Å². The highest BCUT2D eigenvalue weighted by molar-refractivity contribution is 7.99. The third-order valence-corrected chi connectivity index (χ3v) is 3.82. The predicted molar refractivity (Wildman–Crippen MR) is 82.4 cm³/mol. The molecule has 2 aromatic rings. The smallest absolute Gasteiger partial charge is 0.275 e. The van der Waals surface area contributed by atoms with Crippen LogP contribution in [0.3, 0.4) is 0 Å². The second kappa shape index (κ2) is 7.38. The monoisotopic (exact) mass is 325 g/mol. The van der Waals surface area contributed by atoms with E-state index in [0.29, 0.717) is 10.8 Å². The van der Waals surface area contributed by atoms with E-state index in [2.05, 4.69) is 15.3 Å². The Morgan fingerprint density at radius 1 is 1.38 bits per heavy atom. The van der Waals surface area contributed by atoms with Crippen LogP contribution in [0.15, 0.2) is 35.6 Å². The molecular formula is C14H13ClFN3OS. The second-order valence-corrected chi connectivity index (χ2v) is 5.63. The SMILES string of the molecule is CCCSc1ncc(Cl)c(C(=O)Nc2ccc(F)cc2)n1. The first kappa shape index (κ1) is 15.7. The Bertz CT molecular complexity index is 637. The molecule has 0 atom stereocenters. The van der Waals surface area contributed by atoms with Gasteiger partial charge in [-0.2, -0.15) is 0 Å².